The molecule has 2 heterocycles. The molecule has 3 atom stereocenters. The van der Waals surface area contributed by atoms with Gasteiger partial charge in [0.1, 0.15) is 16.8 Å². The summed E-state index contributed by atoms with van der Waals surface area (Å²) in [5.74, 6) is -0.309. The Morgan fingerprint density at radius 3 is 2.52 bits per heavy atom. The number of hydrogen-bond donors (Lipinski definition) is 0. The number of piperidine rings is 1. The van der Waals surface area contributed by atoms with E-state index in [9.17, 15) is 8.60 Å². The van der Waals surface area contributed by atoms with Gasteiger partial charge in [0.05, 0.1) is 22.6 Å². The first-order valence-electron chi connectivity index (χ1n) is 8.17. The number of likely N-dealkylation sites (N-methyl/N-ethyl adjacent to an activating group) is 1. The molecule has 2 aliphatic rings. The summed E-state index contributed by atoms with van der Waals surface area (Å²) < 4.78 is 34.0. The van der Waals surface area contributed by atoms with Crippen molar-refractivity contribution in [1.29, 1.82) is 0 Å². The molecule has 2 fully saturated rings. The smallest absolute Gasteiger partial charge is 0.127 e. The number of benzene rings is 1. The first-order valence-corrected chi connectivity index (χ1v) is 9.27. The predicted octanol–water partition coefficient (Wildman–Crippen LogP) is 2.42. The third kappa shape index (κ3) is 3.50. The van der Waals surface area contributed by atoms with Gasteiger partial charge in [-0.15, -0.1) is 0 Å². The summed E-state index contributed by atoms with van der Waals surface area (Å²) >= 11 is 0. The molecule has 6 heteroatoms. The van der Waals surface area contributed by atoms with E-state index in [0.29, 0.717) is 4.90 Å². The second-order valence-corrected chi connectivity index (χ2v) is 8.38. The number of hydrogen-bond acceptors (Lipinski definition) is 3. The van der Waals surface area contributed by atoms with E-state index in [1.165, 1.54) is 12.1 Å². The largest absolute Gasteiger partial charge is 0.370 e. The number of halogens is 1. The number of ether oxygens (including phenoxy) is 1. The molecular weight excluding hydrogens is 315 g/mol. The fraction of sp³-hybridized carbons (Fsp3) is 0.647. The Morgan fingerprint density at radius 2 is 1.91 bits per heavy atom. The first-order chi connectivity index (χ1) is 10.9. The van der Waals surface area contributed by atoms with Gasteiger partial charge in [0.25, 0.3) is 0 Å². The van der Waals surface area contributed by atoms with Crippen molar-refractivity contribution < 1.29 is 13.3 Å². The number of nitrogens with zero attached hydrogens (tertiary/aromatic N) is 2. The minimum Gasteiger partial charge on any atom is -0.370 e. The van der Waals surface area contributed by atoms with Crippen LogP contribution in [0.1, 0.15) is 26.2 Å². The summed E-state index contributed by atoms with van der Waals surface area (Å²) in [6.45, 7) is 4.16. The van der Waals surface area contributed by atoms with Crippen molar-refractivity contribution in [2.75, 3.05) is 27.2 Å². The predicted molar refractivity (Wildman–Crippen MR) is 89.0 cm³/mol. The lowest BCUT2D eigenvalue weighted by atomic mass is 9.87. The molecule has 0 saturated carbocycles. The van der Waals surface area contributed by atoms with Crippen molar-refractivity contribution in [2.24, 2.45) is 0 Å². The highest BCUT2D eigenvalue weighted by atomic mass is 32.2. The molecule has 0 N–H and O–H groups in total. The lowest BCUT2D eigenvalue weighted by Gasteiger charge is -2.37. The Hall–Kier alpha value is -0.820. The topological polar surface area (TPSA) is 32.8 Å². The molecule has 1 aromatic carbocycles. The van der Waals surface area contributed by atoms with Gasteiger partial charge in [0, 0.05) is 20.1 Å². The third-order valence-electron chi connectivity index (χ3n) is 5.20. The SMILES string of the molecule is CC1OC2(CCN(C)CC2)CC1N(C)S(=O)c1ccc(F)cc1. The molecule has 2 aliphatic heterocycles. The molecule has 1 aromatic rings. The summed E-state index contributed by atoms with van der Waals surface area (Å²) in [5, 5.41) is 0. The zero-order chi connectivity index (χ0) is 16.6. The highest BCUT2D eigenvalue weighted by Crippen LogP contribution is 2.41. The molecular formula is C17H25FN2O2S. The summed E-state index contributed by atoms with van der Waals surface area (Å²) in [6.07, 6.45) is 3.02. The summed E-state index contributed by atoms with van der Waals surface area (Å²) in [6, 6.07) is 6.01. The van der Waals surface area contributed by atoms with Crippen LogP contribution in [0.2, 0.25) is 0 Å². The molecule has 4 nitrogen and oxygen atoms in total. The van der Waals surface area contributed by atoms with Crippen molar-refractivity contribution in [1.82, 2.24) is 9.21 Å². The van der Waals surface area contributed by atoms with Crippen molar-refractivity contribution in [2.45, 2.75) is 48.8 Å². The Labute approximate surface area is 140 Å². The maximum atomic E-state index is 13.0. The molecule has 3 unspecified atom stereocenters. The molecule has 0 amide bonds. The fourth-order valence-electron chi connectivity index (χ4n) is 3.68. The van der Waals surface area contributed by atoms with E-state index >= 15 is 0 Å². The Kier molecular flexibility index (Phi) is 4.88. The average molecular weight is 340 g/mol. The van der Waals surface area contributed by atoms with E-state index in [-0.39, 0.29) is 23.6 Å². The summed E-state index contributed by atoms with van der Waals surface area (Å²) in [7, 11) is 2.71. The van der Waals surface area contributed by atoms with Gasteiger partial charge >= 0.3 is 0 Å². The van der Waals surface area contributed by atoms with E-state index in [1.807, 2.05) is 11.4 Å². The lowest BCUT2D eigenvalue weighted by Crippen LogP contribution is -2.43. The Bertz CT molecular complexity index is 572. The lowest BCUT2D eigenvalue weighted by molar-refractivity contribution is -0.0701. The van der Waals surface area contributed by atoms with Crippen LogP contribution in [0.4, 0.5) is 4.39 Å². The first kappa shape index (κ1) is 17.0. The maximum absolute atomic E-state index is 13.0. The third-order valence-corrected chi connectivity index (χ3v) is 6.67. The highest BCUT2D eigenvalue weighted by Gasteiger charge is 2.48. The van der Waals surface area contributed by atoms with Crippen LogP contribution in [-0.4, -0.2) is 58.3 Å². The zero-order valence-electron chi connectivity index (χ0n) is 14.0. The van der Waals surface area contributed by atoms with Crippen molar-refractivity contribution >= 4 is 11.0 Å². The van der Waals surface area contributed by atoms with E-state index in [2.05, 4.69) is 18.9 Å². The monoisotopic (exact) mass is 340 g/mol. The van der Waals surface area contributed by atoms with E-state index < -0.39 is 11.0 Å². The molecule has 0 aromatic heterocycles. The van der Waals surface area contributed by atoms with Crippen LogP contribution in [0.25, 0.3) is 0 Å². The molecule has 2 saturated heterocycles. The van der Waals surface area contributed by atoms with Gasteiger partial charge in [0.2, 0.25) is 0 Å². The number of likely N-dealkylation sites (tertiary alicyclic amines) is 1. The van der Waals surface area contributed by atoms with E-state index in [4.69, 9.17) is 4.74 Å². The van der Waals surface area contributed by atoms with Gasteiger partial charge in [-0.2, -0.15) is 0 Å². The van der Waals surface area contributed by atoms with Crippen LogP contribution in [0, 0.1) is 5.82 Å². The molecule has 1 spiro atoms. The second kappa shape index (κ2) is 6.59. The van der Waals surface area contributed by atoms with Crippen molar-refractivity contribution in [3.05, 3.63) is 30.1 Å². The van der Waals surface area contributed by atoms with Crippen LogP contribution in [0.3, 0.4) is 0 Å². The standard InChI is InChI=1S/C17H25FN2O2S/c1-13-16(12-17(22-13)8-10-19(2)11-9-17)20(3)23(21)15-6-4-14(18)5-7-15/h4-7,13,16H,8-12H2,1-3H3. The van der Waals surface area contributed by atoms with Gasteiger partial charge in [-0.05, 0) is 57.5 Å². The zero-order valence-corrected chi connectivity index (χ0v) is 14.8. The Morgan fingerprint density at radius 1 is 1.30 bits per heavy atom. The quantitative estimate of drug-likeness (QED) is 0.847. The highest BCUT2D eigenvalue weighted by molar-refractivity contribution is 7.82. The van der Waals surface area contributed by atoms with Crippen LogP contribution < -0.4 is 0 Å². The molecule has 23 heavy (non-hydrogen) atoms. The molecule has 0 bridgehead atoms. The summed E-state index contributed by atoms with van der Waals surface area (Å²) in [5.41, 5.74) is -0.0716. The van der Waals surface area contributed by atoms with Gasteiger partial charge in [-0.25, -0.2) is 12.9 Å². The van der Waals surface area contributed by atoms with Crippen LogP contribution in [-0.2, 0) is 15.7 Å². The van der Waals surface area contributed by atoms with Crippen LogP contribution >= 0.6 is 0 Å². The number of rotatable bonds is 3. The minimum absolute atomic E-state index is 0.0489. The van der Waals surface area contributed by atoms with Crippen molar-refractivity contribution in [3.8, 4) is 0 Å². The van der Waals surface area contributed by atoms with Gasteiger partial charge in [-0.3, -0.25) is 0 Å². The van der Waals surface area contributed by atoms with Crippen molar-refractivity contribution in [3.63, 3.8) is 0 Å². The molecule has 128 valence electrons. The van der Waals surface area contributed by atoms with Gasteiger partial charge < -0.3 is 9.64 Å². The Balaban J connectivity index is 1.71. The normalized spacial score (nSPS) is 29.3. The van der Waals surface area contributed by atoms with Gasteiger partial charge in [-0.1, -0.05) is 0 Å². The molecule has 0 radical (unpaired) electrons. The van der Waals surface area contributed by atoms with E-state index in [0.717, 1.165) is 32.4 Å². The maximum Gasteiger partial charge on any atom is 0.127 e. The van der Waals surface area contributed by atoms with Crippen LogP contribution in [0.15, 0.2) is 29.2 Å². The fourth-order valence-corrected chi connectivity index (χ4v) is 4.87. The molecule has 0 aliphatic carbocycles. The molecule has 3 rings (SSSR count). The van der Waals surface area contributed by atoms with Gasteiger partial charge in [0.15, 0.2) is 0 Å². The second-order valence-electron chi connectivity index (χ2n) is 6.83. The average Bonchev–Trinajstić information content (AvgIpc) is 2.86. The van der Waals surface area contributed by atoms with Crippen LogP contribution in [0.5, 0.6) is 0 Å². The van der Waals surface area contributed by atoms with E-state index in [1.54, 1.807) is 12.1 Å². The summed E-state index contributed by atoms with van der Waals surface area (Å²) in [4.78, 5) is 2.96. The minimum atomic E-state index is -1.30.